The molecule has 1 N–H and O–H groups in total. The molecule has 20 heavy (non-hydrogen) atoms. The van der Waals surface area contributed by atoms with Gasteiger partial charge < -0.3 is 9.67 Å². The maximum absolute atomic E-state index is 13.5. The van der Waals surface area contributed by atoms with Crippen LogP contribution in [0, 0.1) is 5.82 Å². The number of aromatic nitrogens is 2. The van der Waals surface area contributed by atoms with E-state index in [4.69, 9.17) is 0 Å². The lowest BCUT2D eigenvalue weighted by atomic mass is 10.2. The van der Waals surface area contributed by atoms with E-state index in [9.17, 15) is 9.50 Å². The Bertz CT molecular complexity index is 764. The van der Waals surface area contributed by atoms with Gasteiger partial charge in [-0.25, -0.2) is 9.37 Å². The van der Waals surface area contributed by atoms with Crippen molar-refractivity contribution >= 4 is 11.0 Å². The zero-order valence-corrected chi connectivity index (χ0v) is 11.2. The van der Waals surface area contributed by atoms with Gasteiger partial charge in [-0.3, -0.25) is 0 Å². The van der Waals surface area contributed by atoms with E-state index in [1.54, 1.807) is 24.3 Å². The number of rotatable bonds is 3. The van der Waals surface area contributed by atoms with Crippen LogP contribution >= 0.6 is 0 Å². The minimum atomic E-state index is -0.266. The number of phenols is 1. The number of halogens is 1. The van der Waals surface area contributed by atoms with E-state index in [2.05, 4.69) is 11.9 Å². The molecule has 102 valence electrons. The van der Waals surface area contributed by atoms with Crippen LogP contribution in [0.25, 0.3) is 22.4 Å². The number of nitrogens with zero attached hydrogens (tertiary/aromatic N) is 2. The van der Waals surface area contributed by atoms with Crippen molar-refractivity contribution in [1.29, 1.82) is 0 Å². The second kappa shape index (κ2) is 4.96. The first-order valence-electron chi connectivity index (χ1n) is 6.64. The maximum Gasteiger partial charge on any atom is 0.141 e. The summed E-state index contributed by atoms with van der Waals surface area (Å²) in [6, 6.07) is 11.6. The Balaban J connectivity index is 2.26. The molecule has 1 heterocycles. The normalized spacial score (nSPS) is 11.1. The second-order valence-corrected chi connectivity index (χ2v) is 4.77. The smallest absolute Gasteiger partial charge is 0.141 e. The molecule has 0 radical (unpaired) electrons. The van der Waals surface area contributed by atoms with Crippen LogP contribution < -0.4 is 0 Å². The minimum Gasteiger partial charge on any atom is -0.508 e. The molecule has 0 bridgehead atoms. The first-order chi connectivity index (χ1) is 9.69. The Morgan fingerprint density at radius 2 is 2.05 bits per heavy atom. The van der Waals surface area contributed by atoms with Gasteiger partial charge in [0.15, 0.2) is 0 Å². The highest BCUT2D eigenvalue weighted by Gasteiger charge is 2.13. The molecule has 0 aliphatic carbocycles. The third-order valence-corrected chi connectivity index (χ3v) is 3.26. The third-order valence-electron chi connectivity index (χ3n) is 3.26. The van der Waals surface area contributed by atoms with Crippen molar-refractivity contribution in [3.8, 4) is 17.1 Å². The number of aromatic hydroxyl groups is 1. The van der Waals surface area contributed by atoms with E-state index in [0.29, 0.717) is 0 Å². The summed E-state index contributed by atoms with van der Waals surface area (Å²) in [5.41, 5.74) is 2.37. The quantitative estimate of drug-likeness (QED) is 0.782. The summed E-state index contributed by atoms with van der Waals surface area (Å²) >= 11 is 0. The third kappa shape index (κ3) is 2.13. The molecule has 0 unspecified atom stereocenters. The summed E-state index contributed by atoms with van der Waals surface area (Å²) in [6.45, 7) is 2.82. The number of imidazole rings is 1. The van der Waals surface area contributed by atoms with Crippen LogP contribution in [0.1, 0.15) is 13.3 Å². The Morgan fingerprint density at radius 3 is 2.80 bits per heavy atom. The molecule has 0 atom stereocenters. The number of phenolic OH excluding ortho intramolecular Hbond substituents is 1. The van der Waals surface area contributed by atoms with E-state index < -0.39 is 0 Å². The standard InChI is InChI=1S/C16H15FN2O/c1-2-8-19-15-10-12(17)6-7-14(15)18-16(19)11-4-3-5-13(20)9-11/h3-7,9-10,20H,2,8H2,1H3. The first kappa shape index (κ1) is 12.7. The van der Waals surface area contributed by atoms with Gasteiger partial charge in [-0.2, -0.15) is 0 Å². The average Bonchev–Trinajstić information content (AvgIpc) is 2.78. The van der Waals surface area contributed by atoms with Crippen molar-refractivity contribution in [1.82, 2.24) is 9.55 Å². The molecule has 3 aromatic rings. The monoisotopic (exact) mass is 270 g/mol. The fraction of sp³-hybridized carbons (Fsp3) is 0.188. The van der Waals surface area contributed by atoms with Crippen LogP contribution in [-0.2, 0) is 6.54 Å². The first-order valence-corrected chi connectivity index (χ1v) is 6.64. The zero-order valence-electron chi connectivity index (χ0n) is 11.2. The van der Waals surface area contributed by atoms with E-state index in [1.807, 2.05) is 10.6 Å². The van der Waals surface area contributed by atoms with Crippen molar-refractivity contribution in [3.63, 3.8) is 0 Å². The molecule has 3 rings (SSSR count). The van der Waals surface area contributed by atoms with Gasteiger partial charge in [0.2, 0.25) is 0 Å². The van der Waals surface area contributed by atoms with Gasteiger partial charge >= 0.3 is 0 Å². The number of benzene rings is 2. The number of hydrogen-bond donors (Lipinski definition) is 1. The molecule has 1 aromatic heterocycles. The number of fused-ring (bicyclic) bond motifs is 1. The SMILES string of the molecule is CCCn1c(-c2cccc(O)c2)nc2ccc(F)cc21. The predicted octanol–water partition coefficient (Wildman–Crippen LogP) is 3.96. The number of aryl methyl sites for hydroxylation is 1. The van der Waals surface area contributed by atoms with E-state index in [1.165, 1.54) is 12.1 Å². The fourth-order valence-electron chi connectivity index (χ4n) is 2.41. The molecule has 4 heteroatoms. The van der Waals surface area contributed by atoms with E-state index >= 15 is 0 Å². The fourth-order valence-corrected chi connectivity index (χ4v) is 2.41. The van der Waals surface area contributed by atoms with Crippen molar-refractivity contribution < 1.29 is 9.50 Å². The average molecular weight is 270 g/mol. The Morgan fingerprint density at radius 1 is 1.20 bits per heavy atom. The van der Waals surface area contributed by atoms with Crippen LogP contribution in [0.15, 0.2) is 42.5 Å². The molecule has 0 amide bonds. The molecule has 2 aromatic carbocycles. The highest BCUT2D eigenvalue weighted by atomic mass is 19.1. The summed E-state index contributed by atoms with van der Waals surface area (Å²) in [4.78, 5) is 4.57. The summed E-state index contributed by atoms with van der Waals surface area (Å²) < 4.78 is 15.4. The van der Waals surface area contributed by atoms with Crippen molar-refractivity contribution in [2.75, 3.05) is 0 Å². The molecule has 0 aliphatic heterocycles. The largest absolute Gasteiger partial charge is 0.508 e. The molecule has 3 nitrogen and oxygen atoms in total. The minimum absolute atomic E-state index is 0.198. The van der Waals surface area contributed by atoms with E-state index in [-0.39, 0.29) is 11.6 Å². The second-order valence-electron chi connectivity index (χ2n) is 4.77. The number of hydrogen-bond acceptors (Lipinski definition) is 2. The Hall–Kier alpha value is -2.36. The van der Waals surface area contributed by atoms with Gasteiger partial charge in [0.25, 0.3) is 0 Å². The van der Waals surface area contributed by atoms with Crippen molar-refractivity contribution in [2.45, 2.75) is 19.9 Å². The van der Waals surface area contributed by atoms with Gasteiger partial charge in [0, 0.05) is 12.1 Å². The topological polar surface area (TPSA) is 38.0 Å². The van der Waals surface area contributed by atoms with Crippen molar-refractivity contribution in [2.24, 2.45) is 0 Å². The molecular weight excluding hydrogens is 255 g/mol. The molecular formula is C16H15FN2O. The van der Waals surface area contributed by atoms with Gasteiger partial charge in [-0.05, 0) is 36.8 Å². The van der Waals surface area contributed by atoms with Crippen LogP contribution in [0.3, 0.4) is 0 Å². The highest BCUT2D eigenvalue weighted by molar-refractivity contribution is 5.80. The van der Waals surface area contributed by atoms with Crippen LogP contribution in [0.4, 0.5) is 4.39 Å². The summed E-state index contributed by atoms with van der Waals surface area (Å²) in [5.74, 6) is 0.685. The molecule has 0 spiro atoms. The molecule has 0 saturated carbocycles. The van der Waals surface area contributed by atoms with Crippen LogP contribution in [-0.4, -0.2) is 14.7 Å². The lowest BCUT2D eigenvalue weighted by Gasteiger charge is -2.08. The summed E-state index contributed by atoms with van der Waals surface area (Å²) in [5, 5.41) is 9.62. The predicted molar refractivity (Wildman–Crippen MR) is 77.1 cm³/mol. The van der Waals surface area contributed by atoms with Crippen LogP contribution in [0.5, 0.6) is 5.75 Å². The van der Waals surface area contributed by atoms with E-state index in [0.717, 1.165) is 35.4 Å². The van der Waals surface area contributed by atoms with Crippen LogP contribution in [0.2, 0.25) is 0 Å². The Labute approximate surface area is 116 Å². The van der Waals surface area contributed by atoms with Gasteiger partial charge in [-0.15, -0.1) is 0 Å². The van der Waals surface area contributed by atoms with Gasteiger partial charge in [0.1, 0.15) is 17.4 Å². The molecule has 0 saturated heterocycles. The molecule has 0 aliphatic rings. The maximum atomic E-state index is 13.5. The summed E-state index contributed by atoms with van der Waals surface area (Å²) in [6.07, 6.45) is 0.924. The van der Waals surface area contributed by atoms with Gasteiger partial charge in [0.05, 0.1) is 11.0 Å². The molecule has 0 fully saturated rings. The highest BCUT2D eigenvalue weighted by Crippen LogP contribution is 2.27. The van der Waals surface area contributed by atoms with Gasteiger partial charge in [-0.1, -0.05) is 19.1 Å². The van der Waals surface area contributed by atoms with Crippen molar-refractivity contribution in [3.05, 3.63) is 48.3 Å². The Kier molecular flexibility index (Phi) is 3.14. The summed E-state index contributed by atoms with van der Waals surface area (Å²) in [7, 11) is 0. The lowest BCUT2D eigenvalue weighted by molar-refractivity contribution is 0.475. The zero-order chi connectivity index (χ0) is 14.1. The lowest BCUT2D eigenvalue weighted by Crippen LogP contribution is -1.99.